The molecule has 0 aliphatic heterocycles. The van der Waals surface area contributed by atoms with Crippen LogP contribution in [0.4, 0.5) is 5.82 Å². The summed E-state index contributed by atoms with van der Waals surface area (Å²) in [6.07, 6.45) is 2.09. The fourth-order valence-corrected chi connectivity index (χ4v) is 1.70. The summed E-state index contributed by atoms with van der Waals surface area (Å²) in [6, 6.07) is 3.57. The summed E-state index contributed by atoms with van der Waals surface area (Å²) in [7, 11) is 1.62. The number of nitrogens with zero attached hydrogens (tertiary/aromatic N) is 3. The Bertz CT molecular complexity index is 404. The Kier molecular flexibility index (Phi) is 4.06. The van der Waals surface area contributed by atoms with E-state index in [9.17, 15) is 4.79 Å². The van der Waals surface area contributed by atoms with E-state index >= 15 is 0 Å². The van der Waals surface area contributed by atoms with Crippen molar-refractivity contribution < 1.29 is 9.53 Å². The molecule has 98 valence electrons. The number of nitrogens with one attached hydrogen (secondary N) is 1. The lowest BCUT2D eigenvalue weighted by Gasteiger charge is -2.21. The molecule has 0 spiro atoms. The molecule has 1 aliphatic carbocycles. The molecular weight excluding hydrogens is 234 g/mol. The van der Waals surface area contributed by atoms with Crippen LogP contribution >= 0.6 is 0 Å². The molecule has 2 rings (SSSR count). The first-order chi connectivity index (χ1) is 8.76. The van der Waals surface area contributed by atoms with E-state index in [1.54, 1.807) is 24.1 Å². The number of hydrazine groups is 1. The number of anilines is 1. The summed E-state index contributed by atoms with van der Waals surface area (Å²) in [4.78, 5) is 14.0. The van der Waals surface area contributed by atoms with Crippen LogP contribution in [0.5, 0.6) is 0 Å². The normalized spacial score (nSPS) is 14.3. The van der Waals surface area contributed by atoms with Crippen molar-refractivity contribution in [3.8, 4) is 0 Å². The minimum Gasteiger partial charge on any atom is -0.383 e. The maximum atomic E-state index is 12.2. The third-order valence-electron chi connectivity index (χ3n) is 2.82. The molecule has 1 fully saturated rings. The highest BCUT2D eigenvalue weighted by Crippen LogP contribution is 2.27. The smallest absolute Gasteiger partial charge is 0.274 e. The van der Waals surface area contributed by atoms with Crippen molar-refractivity contribution in [3.05, 3.63) is 17.8 Å². The van der Waals surface area contributed by atoms with Crippen LogP contribution in [-0.4, -0.2) is 47.3 Å². The highest BCUT2D eigenvalue weighted by molar-refractivity contribution is 5.92. The maximum Gasteiger partial charge on any atom is 0.274 e. The van der Waals surface area contributed by atoms with Crippen LogP contribution in [0.2, 0.25) is 0 Å². The molecular formula is C11H17N5O2. The molecule has 0 radical (unpaired) electrons. The molecule has 0 unspecified atom stereocenters. The number of nitrogen functional groups attached to an aromatic ring is 1. The number of hydrogen-bond donors (Lipinski definition) is 2. The SMILES string of the molecule is COCCN(C(=O)c1ccc(NN)nn1)C1CC1. The van der Waals surface area contributed by atoms with Gasteiger partial charge in [-0.15, -0.1) is 10.2 Å². The van der Waals surface area contributed by atoms with Crippen molar-refractivity contribution in [2.75, 3.05) is 25.7 Å². The summed E-state index contributed by atoms with van der Waals surface area (Å²) < 4.78 is 5.02. The van der Waals surface area contributed by atoms with Crippen LogP contribution in [0.25, 0.3) is 0 Å². The quantitative estimate of drug-likeness (QED) is 0.546. The Hall–Kier alpha value is -1.73. The van der Waals surface area contributed by atoms with Crippen molar-refractivity contribution in [2.24, 2.45) is 5.84 Å². The lowest BCUT2D eigenvalue weighted by molar-refractivity contribution is 0.0673. The number of rotatable bonds is 6. The largest absolute Gasteiger partial charge is 0.383 e. The average molecular weight is 251 g/mol. The number of carbonyl (C=O) groups is 1. The number of ether oxygens (including phenoxy) is 1. The van der Waals surface area contributed by atoms with E-state index in [4.69, 9.17) is 10.6 Å². The van der Waals surface area contributed by atoms with Crippen molar-refractivity contribution in [2.45, 2.75) is 18.9 Å². The van der Waals surface area contributed by atoms with Gasteiger partial charge in [-0.05, 0) is 25.0 Å². The molecule has 1 saturated carbocycles. The monoisotopic (exact) mass is 251 g/mol. The van der Waals surface area contributed by atoms with Gasteiger partial charge in [0.1, 0.15) is 0 Å². The molecule has 0 atom stereocenters. The molecule has 7 nitrogen and oxygen atoms in total. The van der Waals surface area contributed by atoms with Gasteiger partial charge in [-0.25, -0.2) is 5.84 Å². The van der Waals surface area contributed by atoms with E-state index in [-0.39, 0.29) is 5.91 Å². The highest BCUT2D eigenvalue weighted by atomic mass is 16.5. The summed E-state index contributed by atoms with van der Waals surface area (Å²) in [6.45, 7) is 1.11. The first-order valence-corrected chi connectivity index (χ1v) is 5.86. The molecule has 0 saturated heterocycles. The van der Waals surface area contributed by atoms with Crippen molar-refractivity contribution in [1.82, 2.24) is 15.1 Å². The third kappa shape index (κ3) is 2.93. The number of nitrogens with two attached hydrogens (primary N) is 1. The summed E-state index contributed by atoms with van der Waals surface area (Å²) in [5.41, 5.74) is 2.70. The summed E-state index contributed by atoms with van der Waals surface area (Å²) in [5.74, 6) is 5.52. The number of aromatic nitrogens is 2. The number of hydrogen-bond acceptors (Lipinski definition) is 6. The third-order valence-corrected chi connectivity index (χ3v) is 2.82. The van der Waals surface area contributed by atoms with Crippen LogP contribution in [0.1, 0.15) is 23.3 Å². The van der Waals surface area contributed by atoms with Crippen LogP contribution in [0.15, 0.2) is 12.1 Å². The van der Waals surface area contributed by atoms with Gasteiger partial charge in [0.05, 0.1) is 6.61 Å². The Morgan fingerprint density at radius 1 is 1.56 bits per heavy atom. The number of carbonyl (C=O) groups excluding carboxylic acids is 1. The fraction of sp³-hybridized carbons (Fsp3) is 0.545. The Balaban J connectivity index is 2.06. The Morgan fingerprint density at radius 2 is 2.33 bits per heavy atom. The van der Waals surface area contributed by atoms with Gasteiger partial charge in [-0.2, -0.15) is 0 Å². The van der Waals surface area contributed by atoms with Gasteiger partial charge in [0.2, 0.25) is 0 Å². The molecule has 1 aromatic rings. The maximum absolute atomic E-state index is 12.2. The second-order valence-corrected chi connectivity index (χ2v) is 4.17. The lowest BCUT2D eigenvalue weighted by atomic mass is 10.3. The number of amides is 1. The van der Waals surface area contributed by atoms with Gasteiger partial charge < -0.3 is 15.1 Å². The Labute approximate surface area is 105 Å². The average Bonchev–Trinajstić information content (AvgIpc) is 3.24. The van der Waals surface area contributed by atoms with Gasteiger partial charge >= 0.3 is 0 Å². The zero-order valence-electron chi connectivity index (χ0n) is 10.3. The van der Waals surface area contributed by atoms with Crippen LogP contribution < -0.4 is 11.3 Å². The Morgan fingerprint density at radius 3 is 2.83 bits per heavy atom. The van der Waals surface area contributed by atoms with Crippen molar-refractivity contribution in [1.29, 1.82) is 0 Å². The van der Waals surface area contributed by atoms with Gasteiger partial charge in [0.25, 0.3) is 5.91 Å². The molecule has 3 N–H and O–H groups in total. The standard InChI is InChI=1S/C11H17N5O2/c1-18-7-6-16(8-2-3-8)11(17)9-4-5-10(13-12)15-14-9/h4-5,8H,2-3,6-7,12H2,1H3,(H,13,15). The van der Waals surface area contributed by atoms with Gasteiger partial charge in [0, 0.05) is 19.7 Å². The molecule has 0 bridgehead atoms. The molecule has 1 heterocycles. The fourth-order valence-electron chi connectivity index (χ4n) is 1.70. The van der Waals surface area contributed by atoms with Crippen LogP contribution in [0, 0.1) is 0 Å². The van der Waals surface area contributed by atoms with E-state index in [1.165, 1.54) is 0 Å². The number of methoxy groups -OCH3 is 1. The molecule has 18 heavy (non-hydrogen) atoms. The first-order valence-electron chi connectivity index (χ1n) is 5.86. The predicted octanol–water partition coefficient (Wildman–Crippen LogP) is 0.0132. The summed E-state index contributed by atoms with van der Waals surface area (Å²) in [5, 5.41) is 7.66. The van der Waals surface area contributed by atoms with E-state index in [2.05, 4.69) is 15.6 Å². The topological polar surface area (TPSA) is 93.4 Å². The predicted molar refractivity (Wildman–Crippen MR) is 65.8 cm³/mol. The minimum atomic E-state index is -0.106. The highest BCUT2D eigenvalue weighted by Gasteiger charge is 2.33. The second-order valence-electron chi connectivity index (χ2n) is 4.17. The zero-order valence-corrected chi connectivity index (χ0v) is 10.3. The van der Waals surface area contributed by atoms with E-state index in [0.29, 0.717) is 30.7 Å². The summed E-state index contributed by atoms with van der Waals surface area (Å²) >= 11 is 0. The van der Waals surface area contributed by atoms with E-state index in [0.717, 1.165) is 12.8 Å². The molecule has 0 aromatic carbocycles. The minimum absolute atomic E-state index is 0.106. The lowest BCUT2D eigenvalue weighted by Crippen LogP contribution is -2.36. The van der Waals surface area contributed by atoms with Crippen molar-refractivity contribution >= 4 is 11.7 Å². The van der Waals surface area contributed by atoms with Gasteiger partial charge in [-0.1, -0.05) is 0 Å². The van der Waals surface area contributed by atoms with E-state index < -0.39 is 0 Å². The van der Waals surface area contributed by atoms with Crippen LogP contribution in [0.3, 0.4) is 0 Å². The van der Waals surface area contributed by atoms with E-state index in [1.807, 2.05) is 0 Å². The van der Waals surface area contributed by atoms with Crippen molar-refractivity contribution in [3.63, 3.8) is 0 Å². The first kappa shape index (κ1) is 12.7. The zero-order chi connectivity index (χ0) is 13.0. The molecule has 7 heteroatoms. The molecule has 1 aromatic heterocycles. The molecule has 1 aliphatic rings. The van der Waals surface area contributed by atoms with Gasteiger partial charge in [0.15, 0.2) is 11.5 Å². The second kappa shape index (κ2) is 5.74. The van der Waals surface area contributed by atoms with Gasteiger partial charge in [-0.3, -0.25) is 4.79 Å². The van der Waals surface area contributed by atoms with Crippen LogP contribution in [-0.2, 0) is 4.74 Å². The molecule has 1 amide bonds.